The molecule has 0 unspecified atom stereocenters. The van der Waals surface area contributed by atoms with E-state index in [4.69, 9.17) is 9.94 Å². The molecule has 1 saturated carbocycles. The largest absolute Gasteiger partial charge is 0.489 e. The number of amides is 2. The van der Waals surface area contributed by atoms with Gasteiger partial charge in [-0.05, 0) is 49.1 Å². The standard InChI is InChI=1S/C25H31N3O4/c1-27-11-13-28(14-12-27)24(30)25(17-21(25)15-23(29)26-31)16-19-7-9-22(10-8-19)32-18-20-5-3-2-4-6-20/h2-10,21,31H,11-18H2,1H3,(H,26,29)/t21-,25-/m0/s1. The van der Waals surface area contributed by atoms with Gasteiger partial charge in [-0.15, -0.1) is 0 Å². The van der Waals surface area contributed by atoms with Gasteiger partial charge in [0.15, 0.2) is 0 Å². The molecule has 7 heteroatoms. The van der Waals surface area contributed by atoms with E-state index in [2.05, 4.69) is 11.9 Å². The van der Waals surface area contributed by atoms with E-state index in [1.165, 1.54) is 0 Å². The molecule has 1 heterocycles. The highest BCUT2D eigenvalue weighted by atomic mass is 16.5. The van der Waals surface area contributed by atoms with Crippen molar-refractivity contribution in [3.8, 4) is 5.75 Å². The zero-order valence-electron chi connectivity index (χ0n) is 18.5. The number of hydrogen-bond acceptors (Lipinski definition) is 5. The second-order valence-electron chi connectivity index (χ2n) is 8.99. The minimum atomic E-state index is -0.575. The topological polar surface area (TPSA) is 82.1 Å². The number of carbonyl (C=O) groups is 2. The van der Waals surface area contributed by atoms with Gasteiger partial charge >= 0.3 is 0 Å². The van der Waals surface area contributed by atoms with Crippen molar-refractivity contribution in [2.24, 2.45) is 11.3 Å². The first-order valence-corrected chi connectivity index (χ1v) is 11.2. The molecule has 2 N–H and O–H groups in total. The normalized spacial score (nSPS) is 22.9. The van der Waals surface area contributed by atoms with Gasteiger partial charge in [-0.2, -0.15) is 0 Å². The number of carbonyl (C=O) groups excluding carboxylic acids is 2. The Morgan fingerprint density at radius 1 is 1.03 bits per heavy atom. The molecule has 170 valence electrons. The van der Waals surface area contributed by atoms with Gasteiger partial charge in [-0.25, -0.2) is 5.48 Å². The number of rotatable bonds is 8. The zero-order valence-corrected chi connectivity index (χ0v) is 18.5. The highest BCUT2D eigenvalue weighted by molar-refractivity contribution is 5.88. The second kappa shape index (κ2) is 9.71. The highest BCUT2D eigenvalue weighted by Crippen LogP contribution is 2.58. The molecule has 0 radical (unpaired) electrons. The monoisotopic (exact) mass is 437 g/mol. The van der Waals surface area contributed by atoms with Crippen LogP contribution in [0.3, 0.4) is 0 Å². The zero-order chi connectivity index (χ0) is 22.6. The van der Waals surface area contributed by atoms with Crippen LogP contribution in [-0.2, 0) is 22.6 Å². The van der Waals surface area contributed by atoms with E-state index in [9.17, 15) is 9.59 Å². The van der Waals surface area contributed by atoms with Gasteiger partial charge in [0.1, 0.15) is 12.4 Å². The summed E-state index contributed by atoms with van der Waals surface area (Å²) in [6.45, 7) is 3.64. The van der Waals surface area contributed by atoms with Crippen molar-refractivity contribution in [3.05, 3.63) is 65.7 Å². The molecular weight excluding hydrogens is 406 g/mol. The third-order valence-electron chi connectivity index (χ3n) is 6.70. The molecule has 1 saturated heterocycles. The summed E-state index contributed by atoms with van der Waals surface area (Å²) in [5, 5.41) is 8.94. The molecule has 0 aromatic heterocycles. The minimum absolute atomic E-state index is 0.0594. The van der Waals surface area contributed by atoms with Gasteiger partial charge in [0.2, 0.25) is 11.8 Å². The number of ether oxygens (including phenoxy) is 1. The van der Waals surface area contributed by atoms with Crippen LogP contribution in [0.1, 0.15) is 24.0 Å². The molecule has 0 spiro atoms. The van der Waals surface area contributed by atoms with Crippen LogP contribution in [0, 0.1) is 11.3 Å². The Labute approximate surface area is 188 Å². The predicted octanol–water partition coefficient (Wildman–Crippen LogP) is 2.48. The van der Waals surface area contributed by atoms with Crippen molar-refractivity contribution in [2.75, 3.05) is 33.2 Å². The Morgan fingerprint density at radius 2 is 1.72 bits per heavy atom. The second-order valence-corrected chi connectivity index (χ2v) is 8.99. The molecular formula is C25H31N3O4. The van der Waals surface area contributed by atoms with Crippen LogP contribution >= 0.6 is 0 Å². The molecule has 4 rings (SSSR count). The van der Waals surface area contributed by atoms with Crippen LogP contribution in [0.5, 0.6) is 5.75 Å². The molecule has 32 heavy (non-hydrogen) atoms. The summed E-state index contributed by atoms with van der Waals surface area (Å²) < 4.78 is 5.87. The Bertz CT molecular complexity index is 926. The lowest BCUT2D eigenvalue weighted by Crippen LogP contribution is -2.50. The van der Waals surface area contributed by atoms with Gasteiger partial charge in [0.05, 0.1) is 5.41 Å². The van der Waals surface area contributed by atoms with Gasteiger partial charge in [0.25, 0.3) is 0 Å². The number of benzene rings is 2. The Kier molecular flexibility index (Phi) is 6.77. The molecule has 2 fully saturated rings. The summed E-state index contributed by atoms with van der Waals surface area (Å²) in [7, 11) is 2.06. The Hall–Kier alpha value is -2.90. The van der Waals surface area contributed by atoms with Crippen molar-refractivity contribution in [1.29, 1.82) is 0 Å². The summed E-state index contributed by atoms with van der Waals surface area (Å²) in [5.74, 6) is 0.415. The molecule has 2 aliphatic rings. The van der Waals surface area contributed by atoms with Crippen molar-refractivity contribution in [1.82, 2.24) is 15.3 Å². The lowest BCUT2D eigenvalue weighted by Gasteiger charge is -2.35. The molecule has 2 amide bonds. The maximum Gasteiger partial charge on any atom is 0.243 e. The molecule has 2 aromatic rings. The van der Waals surface area contributed by atoms with E-state index < -0.39 is 11.3 Å². The summed E-state index contributed by atoms with van der Waals surface area (Å²) in [6, 6.07) is 17.9. The van der Waals surface area contributed by atoms with E-state index in [-0.39, 0.29) is 18.2 Å². The SMILES string of the molecule is CN1CCN(C(=O)[C@@]2(Cc3ccc(OCc4ccccc4)cc3)C[C@@H]2CC(=O)NO)CC1. The van der Waals surface area contributed by atoms with Gasteiger partial charge in [0, 0.05) is 32.6 Å². The van der Waals surface area contributed by atoms with Crippen molar-refractivity contribution >= 4 is 11.8 Å². The molecule has 1 aliphatic carbocycles. The fraction of sp³-hybridized carbons (Fsp3) is 0.440. The van der Waals surface area contributed by atoms with Gasteiger partial charge in [-0.3, -0.25) is 14.8 Å². The molecule has 1 aliphatic heterocycles. The number of likely N-dealkylation sites (N-methyl/N-ethyl adjacent to an activating group) is 1. The number of hydrogen-bond donors (Lipinski definition) is 2. The van der Waals surface area contributed by atoms with Crippen molar-refractivity contribution in [3.63, 3.8) is 0 Å². The molecule has 2 aromatic carbocycles. The van der Waals surface area contributed by atoms with Crippen LogP contribution in [0.15, 0.2) is 54.6 Å². The number of hydroxylamine groups is 1. The maximum absolute atomic E-state index is 13.5. The third-order valence-corrected chi connectivity index (χ3v) is 6.70. The summed E-state index contributed by atoms with van der Waals surface area (Å²) in [5.41, 5.74) is 3.29. The quantitative estimate of drug-likeness (QED) is 0.490. The van der Waals surface area contributed by atoms with E-state index in [1.54, 1.807) is 5.48 Å². The maximum atomic E-state index is 13.5. The number of nitrogens with zero attached hydrogens (tertiary/aromatic N) is 2. The van der Waals surface area contributed by atoms with Crippen LogP contribution in [0.2, 0.25) is 0 Å². The highest BCUT2D eigenvalue weighted by Gasteiger charge is 2.61. The van der Waals surface area contributed by atoms with E-state index in [0.717, 1.165) is 30.0 Å². The van der Waals surface area contributed by atoms with Crippen molar-refractivity contribution in [2.45, 2.75) is 25.9 Å². The predicted molar refractivity (Wildman–Crippen MR) is 120 cm³/mol. The first kappa shape index (κ1) is 22.3. The van der Waals surface area contributed by atoms with E-state index in [1.807, 2.05) is 59.5 Å². The minimum Gasteiger partial charge on any atom is -0.489 e. The molecule has 7 nitrogen and oxygen atoms in total. The smallest absolute Gasteiger partial charge is 0.243 e. The first-order valence-electron chi connectivity index (χ1n) is 11.2. The van der Waals surface area contributed by atoms with E-state index >= 15 is 0 Å². The lowest BCUT2D eigenvalue weighted by molar-refractivity contribution is -0.139. The van der Waals surface area contributed by atoms with Crippen LogP contribution in [-0.4, -0.2) is 60.0 Å². The van der Waals surface area contributed by atoms with E-state index in [0.29, 0.717) is 32.5 Å². The molecule has 0 bridgehead atoms. The average Bonchev–Trinajstić information content (AvgIpc) is 3.51. The van der Waals surface area contributed by atoms with Crippen LogP contribution in [0.25, 0.3) is 0 Å². The third kappa shape index (κ3) is 5.11. The number of nitrogens with one attached hydrogen (secondary N) is 1. The van der Waals surface area contributed by atoms with Gasteiger partial charge < -0.3 is 14.5 Å². The first-order chi connectivity index (χ1) is 15.5. The average molecular weight is 438 g/mol. The van der Waals surface area contributed by atoms with Crippen LogP contribution in [0.4, 0.5) is 0 Å². The molecule has 2 atom stereocenters. The van der Waals surface area contributed by atoms with Crippen LogP contribution < -0.4 is 10.2 Å². The fourth-order valence-electron chi connectivity index (χ4n) is 4.60. The fourth-order valence-corrected chi connectivity index (χ4v) is 4.60. The van der Waals surface area contributed by atoms with Gasteiger partial charge in [-0.1, -0.05) is 42.5 Å². The lowest BCUT2D eigenvalue weighted by atomic mass is 9.90. The number of piperazine rings is 1. The summed E-state index contributed by atoms with van der Waals surface area (Å²) in [6.07, 6.45) is 1.41. The Balaban J connectivity index is 1.43. The summed E-state index contributed by atoms with van der Waals surface area (Å²) >= 11 is 0. The Morgan fingerprint density at radius 3 is 2.38 bits per heavy atom. The summed E-state index contributed by atoms with van der Waals surface area (Å²) in [4.78, 5) is 29.4. The van der Waals surface area contributed by atoms with Crippen molar-refractivity contribution < 1.29 is 19.5 Å².